The molecule has 0 aromatic carbocycles. The van der Waals surface area contributed by atoms with Crippen molar-refractivity contribution in [1.82, 2.24) is 23.1 Å². The molecular weight excluding hydrogens is 302 g/mol. The van der Waals surface area contributed by atoms with Crippen LogP contribution < -0.4 is 11.2 Å². The number of hydrogen-bond acceptors (Lipinski definition) is 4. The van der Waals surface area contributed by atoms with Gasteiger partial charge in [0.15, 0.2) is 11.2 Å². The highest BCUT2D eigenvalue weighted by Crippen LogP contribution is 2.16. The standard InChI is InChI=1S/C14H15N5O4/c1-4-5-17-8(2)6-18-10-11(15-13(17)18)16(3)14(23)19(12(10)22)7-9(20)21/h4,6H,1,5,7H2,2-3H3,(H,20,21). The molecule has 3 aromatic heterocycles. The molecule has 0 aliphatic heterocycles. The van der Waals surface area contributed by atoms with Gasteiger partial charge < -0.3 is 9.67 Å². The van der Waals surface area contributed by atoms with Crippen molar-refractivity contribution in [3.05, 3.63) is 45.4 Å². The first-order valence-corrected chi connectivity index (χ1v) is 6.87. The first-order chi connectivity index (χ1) is 10.9. The van der Waals surface area contributed by atoms with Crippen molar-refractivity contribution in [3.8, 4) is 0 Å². The second-order valence-electron chi connectivity index (χ2n) is 5.25. The second-order valence-corrected chi connectivity index (χ2v) is 5.25. The van der Waals surface area contributed by atoms with Crippen LogP contribution >= 0.6 is 0 Å². The topological polar surface area (TPSA) is 104 Å². The molecule has 1 N–H and O–H groups in total. The summed E-state index contributed by atoms with van der Waals surface area (Å²) >= 11 is 0. The van der Waals surface area contributed by atoms with Gasteiger partial charge in [-0.05, 0) is 6.92 Å². The summed E-state index contributed by atoms with van der Waals surface area (Å²) in [5.41, 5.74) is -0.123. The van der Waals surface area contributed by atoms with Crippen LogP contribution in [0.2, 0.25) is 0 Å². The van der Waals surface area contributed by atoms with E-state index in [4.69, 9.17) is 5.11 Å². The number of hydrogen-bond donors (Lipinski definition) is 1. The van der Waals surface area contributed by atoms with Crippen molar-refractivity contribution in [2.75, 3.05) is 0 Å². The molecule has 0 aliphatic rings. The number of fused-ring (bicyclic) bond motifs is 3. The van der Waals surface area contributed by atoms with Crippen molar-refractivity contribution in [1.29, 1.82) is 0 Å². The van der Waals surface area contributed by atoms with E-state index >= 15 is 0 Å². The maximum Gasteiger partial charge on any atom is 0.333 e. The van der Waals surface area contributed by atoms with Gasteiger partial charge in [-0.2, -0.15) is 4.98 Å². The van der Waals surface area contributed by atoms with Gasteiger partial charge in [0.1, 0.15) is 6.54 Å². The molecule has 0 atom stereocenters. The van der Waals surface area contributed by atoms with E-state index in [2.05, 4.69) is 11.6 Å². The lowest BCUT2D eigenvalue weighted by Gasteiger charge is -2.05. The highest BCUT2D eigenvalue weighted by Gasteiger charge is 2.20. The van der Waals surface area contributed by atoms with Gasteiger partial charge >= 0.3 is 11.7 Å². The summed E-state index contributed by atoms with van der Waals surface area (Å²) in [6.45, 7) is 5.36. The number of carboxylic acids is 1. The van der Waals surface area contributed by atoms with Gasteiger partial charge in [-0.15, -0.1) is 6.58 Å². The van der Waals surface area contributed by atoms with Crippen molar-refractivity contribution >= 4 is 22.9 Å². The Morgan fingerprint density at radius 1 is 1.39 bits per heavy atom. The van der Waals surface area contributed by atoms with Gasteiger partial charge in [0.2, 0.25) is 5.78 Å². The highest BCUT2D eigenvalue weighted by molar-refractivity contribution is 5.76. The van der Waals surface area contributed by atoms with E-state index in [0.717, 1.165) is 5.69 Å². The van der Waals surface area contributed by atoms with Gasteiger partial charge in [-0.1, -0.05) is 6.08 Å². The molecule has 0 saturated heterocycles. The van der Waals surface area contributed by atoms with Gasteiger partial charge in [-0.3, -0.25) is 18.6 Å². The summed E-state index contributed by atoms with van der Waals surface area (Å²) < 4.78 is 5.30. The Kier molecular flexibility index (Phi) is 3.20. The molecule has 9 heteroatoms. The summed E-state index contributed by atoms with van der Waals surface area (Å²) in [6, 6.07) is 0. The van der Waals surface area contributed by atoms with Crippen LogP contribution in [0.15, 0.2) is 28.4 Å². The summed E-state index contributed by atoms with van der Waals surface area (Å²) in [4.78, 5) is 40.1. The average molecular weight is 317 g/mol. The van der Waals surface area contributed by atoms with E-state index in [0.29, 0.717) is 16.9 Å². The van der Waals surface area contributed by atoms with Gasteiger partial charge in [0.25, 0.3) is 5.56 Å². The first-order valence-electron chi connectivity index (χ1n) is 6.87. The molecule has 0 amide bonds. The van der Waals surface area contributed by atoms with Crippen LogP contribution in [0.5, 0.6) is 0 Å². The van der Waals surface area contributed by atoms with Crippen molar-refractivity contribution < 1.29 is 9.90 Å². The average Bonchev–Trinajstić information content (AvgIpc) is 2.98. The summed E-state index contributed by atoms with van der Waals surface area (Å²) in [7, 11) is 1.46. The molecule has 0 bridgehead atoms. The van der Waals surface area contributed by atoms with Crippen LogP contribution in [0, 0.1) is 6.92 Å². The molecule has 9 nitrogen and oxygen atoms in total. The fourth-order valence-electron chi connectivity index (χ4n) is 2.68. The van der Waals surface area contributed by atoms with Crippen molar-refractivity contribution in [2.24, 2.45) is 7.05 Å². The molecule has 0 radical (unpaired) electrons. The molecule has 0 fully saturated rings. The predicted molar refractivity (Wildman–Crippen MR) is 82.8 cm³/mol. The number of aliphatic carboxylic acids is 1. The van der Waals surface area contributed by atoms with Gasteiger partial charge in [0.05, 0.1) is 0 Å². The molecule has 3 rings (SSSR count). The lowest BCUT2D eigenvalue weighted by Crippen LogP contribution is -2.41. The van der Waals surface area contributed by atoms with E-state index in [1.54, 1.807) is 16.7 Å². The minimum atomic E-state index is -1.26. The predicted octanol–water partition coefficient (Wildman–Crippen LogP) is -0.272. The van der Waals surface area contributed by atoms with Crippen molar-refractivity contribution in [3.63, 3.8) is 0 Å². The van der Waals surface area contributed by atoms with Crippen LogP contribution in [0.25, 0.3) is 16.9 Å². The Morgan fingerprint density at radius 2 is 2.09 bits per heavy atom. The number of allylic oxidation sites excluding steroid dienone is 1. The van der Waals surface area contributed by atoms with E-state index in [1.165, 1.54) is 11.6 Å². The Morgan fingerprint density at radius 3 is 2.70 bits per heavy atom. The molecule has 3 aromatic rings. The maximum atomic E-state index is 12.6. The molecule has 0 unspecified atom stereocenters. The number of imidazole rings is 2. The van der Waals surface area contributed by atoms with E-state index in [1.807, 2.05) is 11.5 Å². The molecule has 3 heterocycles. The second kappa shape index (κ2) is 4.97. The lowest BCUT2D eigenvalue weighted by molar-refractivity contribution is -0.137. The number of aromatic nitrogens is 5. The zero-order valence-electron chi connectivity index (χ0n) is 12.7. The van der Waals surface area contributed by atoms with Crippen molar-refractivity contribution in [2.45, 2.75) is 20.0 Å². The lowest BCUT2D eigenvalue weighted by atomic mass is 10.4. The van der Waals surface area contributed by atoms with Crippen LogP contribution in [0.1, 0.15) is 5.69 Å². The maximum absolute atomic E-state index is 12.6. The first kappa shape index (κ1) is 14.8. The smallest absolute Gasteiger partial charge is 0.333 e. The van der Waals surface area contributed by atoms with E-state index in [9.17, 15) is 14.4 Å². The quantitative estimate of drug-likeness (QED) is 0.667. The monoisotopic (exact) mass is 317 g/mol. The molecule has 0 aliphatic carbocycles. The van der Waals surface area contributed by atoms with E-state index in [-0.39, 0.29) is 11.2 Å². The summed E-state index contributed by atoms with van der Waals surface area (Å²) in [5.74, 6) is -0.762. The fraction of sp³-hybridized carbons (Fsp3) is 0.286. The largest absolute Gasteiger partial charge is 0.480 e. The molecule has 23 heavy (non-hydrogen) atoms. The van der Waals surface area contributed by atoms with Gasteiger partial charge in [-0.25, -0.2) is 9.36 Å². The number of carbonyl (C=O) groups is 1. The van der Waals surface area contributed by atoms with E-state index < -0.39 is 23.8 Å². The highest BCUT2D eigenvalue weighted by atomic mass is 16.4. The summed E-state index contributed by atoms with van der Waals surface area (Å²) in [6.07, 6.45) is 3.43. The van der Waals surface area contributed by atoms with Crippen LogP contribution in [0.4, 0.5) is 0 Å². The Bertz CT molecular complexity index is 1080. The zero-order valence-corrected chi connectivity index (χ0v) is 12.7. The zero-order chi connectivity index (χ0) is 16.9. The van der Waals surface area contributed by atoms with Crippen LogP contribution in [-0.2, 0) is 24.9 Å². The molecular formula is C14H15N5O4. The third-order valence-electron chi connectivity index (χ3n) is 3.75. The van der Waals surface area contributed by atoms with Gasteiger partial charge in [0, 0.05) is 25.5 Å². The molecule has 0 saturated carbocycles. The van der Waals surface area contributed by atoms with Crippen LogP contribution in [0.3, 0.4) is 0 Å². The third kappa shape index (κ3) is 2.00. The SMILES string of the molecule is C=CCn1c(C)cn2c3c(=O)n(CC(=O)O)c(=O)n(C)c3nc12. The number of carboxylic acid groups (broad SMARTS) is 1. The minimum absolute atomic E-state index is 0.175. The summed E-state index contributed by atoms with van der Waals surface area (Å²) in [5, 5.41) is 8.92. The minimum Gasteiger partial charge on any atom is -0.480 e. The molecule has 120 valence electrons. The number of aryl methyl sites for hydroxylation is 2. The Balaban J connectivity index is 2.50. The third-order valence-corrected chi connectivity index (χ3v) is 3.75. The normalized spacial score (nSPS) is 11.4. The Labute approximate surface area is 129 Å². The van der Waals surface area contributed by atoms with Crippen LogP contribution in [-0.4, -0.2) is 34.2 Å². The number of rotatable bonds is 4. The Hall–Kier alpha value is -3.10. The molecule has 0 spiro atoms. The number of nitrogens with zero attached hydrogens (tertiary/aromatic N) is 5. The fourth-order valence-corrected chi connectivity index (χ4v) is 2.68.